The van der Waals surface area contributed by atoms with Crippen LogP contribution in [0.3, 0.4) is 0 Å². The molecule has 0 saturated heterocycles. The lowest BCUT2D eigenvalue weighted by molar-refractivity contribution is 1.09. The second kappa shape index (κ2) is 11.7. The van der Waals surface area contributed by atoms with E-state index in [1.54, 1.807) is 0 Å². The number of hydrogen-bond donors (Lipinski definition) is 0. The molecule has 5 aromatic heterocycles. The predicted molar refractivity (Wildman–Crippen MR) is 251 cm³/mol. The van der Waals surface area contributed by atoms with Gasteiger partial charge in [-0.3, -0.25) is 8.97 Å². The van der Waals surface area contributed by atoms with Gasteiger partial charge in [0, 0.05) is 38.0 Å². The number of benzene rings is 9. The lowest BCUT2D eigenvalue weighted by atomic mass is 10.00. The summed E-state index contributed by atoms with van der Waals surface area (Å²) in [6.45, 7) is 0. The van der Waals surface area contributed by atoms with Gasteiger partial charge in [-0.25, -0.2) is 4.98 Å². The molecule has 14 aromatic rings. The smallest absolute Gasteiger partial charge is 0.220 e. The predicted octanol–water partition coefficient (Wildman–Crippen LogP) is 14.1. The molecule has 5 heteroatoms. The molecule has 0 N–H and O–H groups in total. The summed E-state index contributed by atoms with van der Waals surface area (Å²) in [5.74, 6) is 0.881. The van der Waals surface area contributed by atoms with Gasteiger partial charge < -0.3 is 8.97 Å². The van der Waals surface area contributed by atoms with Gasteiger partial charge in [0.1, 0.15) is 0 Å². The minimum Gasteiger partial charge on any atom is -0.309 e. The Kier molecular flexibility index (Phi) is 6.23. The second-order valence-corrected chi connectivity index (χ2v) is 15.9. The molecule has 60 heavy (non-hydrogen) atoms. The third kappa shape index (κ3) is 4.08. The summed E-state index contributed by atoms with van der Waals surface area (Å²) in [4.78, 5) is 5.67. The molecule has 0 unspecified atom stereocenters. The van der Waals surface area contributed by atoms with Gasteiger partial charge in [-0.05, 0) is 82.2 Å². The maximum Gasteiger partial charge on any atom is 0.220 e. The van der Waals surface area contributed by atoms with Gasteiger partial charge in [-0.15, -0.1) is 0 Å². The van der Waals surface area contributed by atoms with Crippen molar-refractivity contribution in [1.82, 2.24) is 22.9 Å². The van der Waals surface area contributed by atoms with Crippen LogP contribution in [0.1, 0.15) is 0 Å². The SMILES string of the molecule is c1cc(-n2c3ccccc3c3ccccc32)cc(-n2c3ccccc3n3c4c(cc5c6ccccc6c6ccccc6c6ccccc6n6c7ccccc7c4c56)nc23)c1. The van der Waals surface area contributed by atoms with Crippen molar-refractivity contribution in [3.8, 4) is 11.4 Å². The summed E-state index contributed by atoms with van der Waals surface area (Å²) in [6, 6.07) is 73.0. The quantitative estimate of drug-likeness (QED) is 0.173. The molecule has 0 amide bonds. The maximum atomic E-state index is 5.67. The van der Waals surface area contributed by atoms with Gasteiger partial charge in [0.05, 0.1) is 55.3 Å². The molecule has 278 valence electrons. The first-order valence-electron chi connectivity index (χ1n) is 20.6. The zero-order valence-electron chi connectivity index (χ0n) is 32.3. The van der Waals surface area contributed by atoms with Crippen LogP contribution in [0.4, 0.5) is 0 Å². The van der Waals surface area contributed by atoms with Crippen molar-refractivity contribution in [2.75, 3.05) is 0 Å². The minimum absolute atomic E-state index is 0.881. The molecular weight excluding hydrogens is 731 g/mol. The fourth-order valence-electron chi connectivity index (χ4n) is 10.5. The number of nitrogens with zero attached hydrogens (tertiary/aromatic N) is 5. The number of para-hydroxylation sites is 6. The van der Waals surface area contributed by atoms with Crippen LogP contribution in [0.2, 0.25) is 0 Å². The van der Waals surface area contributed by atoms with Gasteiger partial charge in [-0.2, -0.15) is 0 Å². The van der Waals surface area contributed by atoms with E-state index in [1.165, 1.54) is 75.9 Å². The standard InChI is InChI=1S/C55H33N5/c1-3-20-38-36(18-1)37-19-2-4-21-39(37)44-33-45-54(52-43-25-8-12-29-49(43)59(53(44)52)48-28-11-5-22-40(38)48)60-51-31-14-13-30-50(51)58(55(60)56-45)35-17-15-16-34(32-35)57-46-26-9-6-23-41(46)42-24-7-10-27-47(42)57/h1-33H. The summed E-state index contributed by atoms with van der Waals surface area (Å²) in [5, 5.41) is 12.1. The molecule has 0 atom stereocenters. The van der Waals surface area contributed by atoms with E-state index in [9.17, 15) is 0 Å². The number of fused-ring (bicyclic) bond motifs is 19. The van der Waals surface area contributed by atoms with E-state index in [0.717, 1.165) is 44.7 Å². The average molecular weight is 764 g/mol. The van der Waals surface area contributed by atoms with Crippen LogP contribution in [0.25, 0.3) is 121 Å². The van der Waals surface area contributed by atoms with Crippen molar-refractivity contribution in [2.45, 2.75) is 0 Å². The lowest BCUT2D eigenvalue weighted by Gasteiger charge is -2.11. The first-order chi connectivity index (χ1) is 29.8. The van der Waals surface area contributed by atoms with Crippen LogP contribution in [-0.2, 0) is 0 Å². The molecule has 14 rings (SSSR count). The zero-order chi connectivity index (χ0) is 39.1. The van der Waals surface area contributed by atoms with Crippen molar-refractivity contribution >= 4 is 109 Å². The minimum atomic E-state index is 0.881. The molecular formula is C55H33N5. The van der Waals surface area contributed by atoms with Crippen molar-refractivity contribution in [2.24, 2.45) is 0 Å². The Morgan fingerprint density at radius 3 is 1.33 bits per heavy atom. The molecule has 0 radical (unpaired) electrons. The van der Waals surface area contributed by atoms with Gasteiger partial charge in [-0.1, -0.05) is 140 Å². The summed E-state index contributed by atoms with van der Waals surface area (Å²) in [6.07, 6.45) is 0. The summed E-state index contributed by atoms with van der Waals surface area (Å²) in [7, 11) is 0. The molecule has 0 aliphatic heterocycles. The first kappa shape index (κ1) is 31.9. The average Bonchev–Trinajstić information content (AvgIpc) is 4.05. The van der Waals surface area contributed by atoms with Crippen LogP contribution in [0, 0.1) is 0 Å². The molecule has 9 aromatic carbocycles. The van der Waals surface area contributed by atoms with Gasteiger partial charge in [0.25, 0.3) is 0 Å². The van der Waals surface area contributed by atoms with E-state index < -0.39 is 0 Å². The third-order valence-electron chi connectivity index (χ3n) is 12.9. The van der Waals surface area contributed by atoms with Crippen molar-refractivity contribution in [3.63, 3.8) is 0 Å². The summed E-state index contributed by atoms with van der Waals surface area (Å²) >= 11 is 0. The van der Waals surface area contributed by atoms with Gasteiger partial charge in [0.15, 0.2) is 0 Å². The largest absolute Gasteiger partial charge is 0.309 e. The number of hydrogen-bond acceptors (Lipinski definition) is 1. The lowest BCUT2D eigenvalue weighted by Crippen LogP contribution is -1.99. The van der Waals surface area contributed by atoms with Gasteiger partial charge in [0.2, 0.25) is 5.78 Å². The number of rotatable bonds is 2. The fraction of sp³-hybridized carbons (Fsp3) is 0. The Bertz CT molecular complexity index is 4140. The van der Waals surface area contributed by atoms with Crippen LogP contribution < -0.4 is 0 Å². The van der Waals surface area contributed by atoms with E-state index in [4.69, 9.17) is 4.98 Å². The highest BCUT2D eigenvalue weighted by molar-refractivity contribution is 6.31. The normalized spacial score (nSPS) is 12.3. The Hall–Kier alpha value is -8.15. The first-order valence-corrected chi connectivity index (χ1v) is 20.6. The van der Waals surface area contributed by atoms with E-state index in [-0.39, 0.29) is 0 Å². The van der Waals surface area contributed by atoms with Crippen LogP contribution in [0.5, 0.6) is 0 Å². The fourth-order valence-corrected chi connectivity index (χ4v) is 10.5. The zero-order valence-corrected chi connectivity index (χ0v) is 32.3. The third-order valence-corrected chi connectivity index (χ3v) is 12.9. The van der Waals surface area contributed by atoms with Crippen LogP contribution in [-0.4, -0.2) is 22.9 Å². The molecule has 0 aliphatic carbocycles. The monoisotopic (exact) mass is 763 g/mol. The van der Waals surface area contributed by atoms with E-state index in [2.05, 4.69) is 218 Å². The second-order valence-electron chi connectivity index (χ2n) is 15.9. The molecule has 0 fully saturated rings. The highest BCUT2D eigenvalue weighted by Gasteiger charge is 2.24. The molecule has 5 heterocycles. The van der Waals surface area contributed by atoms with Crippen molar-refractivity contribution in [1.29, 1.82) is 0 Å². The Balaban J connectivity index is 1.18. The molecule has 0 bridgehead atoms. The van der Waals surface area contributed by atoms with Crippen LogP contribution in [0.15, 0.2) is 200 Å². The van der Waals surface area contributed by atoms with E-state index >= 15 is 0 Å². The summed E-state index contributed by atoms with van der Waals surface area (Å²) in [5.41, 5.74) is 12.3. The Labute approximate surface area is 342 Å². The topological polar surface area (TPSA) is 31.6 Å². The van der Waals surface area contributed by atoms with Gasteiger partial charge >= 0.3 is 0 Å². The molecule has 0 aliphatic rings. The molecule has 0 spiro atoms. The maximum absolute atomic E-state index is 5.67. The van der Waals surface area contributed by atoms with E-state index in [1.807, 2.05) is 0 Å². The number of imidazole rings is 2. The Morgan fingerprint density at radius 1 is 0.283 bits per heavy atom. The van der Waals surface area contributed by atoms with Crippen molar-refractivity contribution < 1.29 is 0 Å². The molecule has 0 saturated carbocycles. The van der Waals surface area contributed by atoms with Crippen molar-refractivity contribution in [3.05, 3.63) is 200 Å². The van der Waals surface area contributed by atoms with Crippen LogP contribution >= 0.6 is 0 Å². The number of aromatic nitrogens is 5. The highest BCUT2D eigenvalue weighted by Crippen LogP contribution is 2.44. The summed E-state index contributed by atoms with van der Waals surface area (Å²) < 4.78 is 9.66. The van der Waals surface area contributed by atoms with E-state index in [0.29, 0.717) is 0 Å². The Morgan fingerprint density at radius 2 is 0.717 bits per heavy atom. The highest BCUT2D eigenvalue weighted by atomic mass is 15.2. The molecule has 5 nitrogen and oxygen atoms in total.